The fourth-order valence-corrected chi connectivity index (χ4v) is 8.33. The van der Waals surface area contributed by atoms with E-state index in [4.69, 9.17) is 0 Å². The maximum atomic E-state index is 12.2. The number of carbonyl (C=O) groups excluding carboxylic acids is 1. The van der Waals surface area contributed by atoms with Crippen LogP contribution in [0.2, 0.25) is 0 Å². The van der Waals surface area contributed by atoms with Crippen LogP contribution < -0.4 is 0 Å². The maximum absolute atomic E-state index is 12.2. The predicted octanol–water partition coefficient (Wildman–Crippen LogP) is 6.57. The molecule has 4 aliphatic carbocycles. The molecule has 3 saturated carbocycles. The zero-order valence-electron chi connectivity index (χ0n) is 19.5. The standard InChI is InChI=1S/C27H44O2/c1-17(2)25(29)11-6-18(3)22-9-10-23-21-8-7-19-16-20(28)12-14-26(19,4)24(21)13-15-27(22,23)5/h8,17-20,22-24,28H,6-7,9-16H2,1-5H3/t18-,19+,20+,22-,23+,24+,26+,27-/m1/s1. The molecule has 0 aromatic carbocycles. The first-order valence-corrected chi connectivity index (χ1v) is 12.6. The summed E-state index contributed by atoms with van der Waals surface area (Å²) in [6.07, 6.45) is 14.2. The van der Waals surface area contributed by atoms with Gasteiger partial charge in [-0.1, -0.05) is 46.3 Å². The summed E-state index contributed by atoms with van der Waals surface area (Å²) in [7, 11) is 0. The SMILES string of the molecule is CC(C)C(=O)CC[C@@H](C)[C@H]1CC[C@H]2C3=CC[C@H]4C[C@@H](O)CC[C@]4(C)[C@H]3CC[C@]12C. The highest BCUT2D eigenvalue weighted by Gasteiger charge is 2.58. The Hall–Kier alpha value is -0.630. The van der Waals surface area contributed by atoms with Crippen molar-refractivity contribution in [3.05, 3.63) is 11.6 Å². The molecule has 4 rings (SSSR count). The van der Waals surface area contributed by atoms with Crippen molar-refractivity contribution in [2.45, 2.75) is 105 Å². The number of hydrogen-bond acceptors (Lipinski definition) is 2. The van der Waals surface area contributed by atoms with Gasteiger partial charge in [0.25, 0.3) is 0 Å². The number of aliphatic hydroxyl groups is 1. The zero-order chi connectivity index (χ0) is 21.0. The number of ketones is 1. The number of fused-ring (bicyclic) bond motifs is 5. The summed E-state index contributed by atoms with van der Waals surface area (Å²) in [4.78, 5) is 12.2. The van der Waals surface area contributed by atoms with Crippen LogP contribution in [-0.2, 0) is 4.79 Å². The van der Waals surface area contributed by atoms with Crippen molar-refractivity contribution in [3.8, 4) is 0 Å². The van der Waals surface area contributed by atoms with Crippen molar-refractivity contribution in [2.24, 2.45) is 46.3 Å². The summed E-state index contributed by atoms with van der Waals surface area (Å²) in [5, 5.41) is 10.2. The van der Waals surface area contributed by atoms with Gasteiger partial charge in [-0.2, -0.15) is 0 Å². The fraction of sp³-hybridized carbons (Fsp3) is 0.889. The molecular weight excluding hydrogens is 356 g/mol. The first-order chi connectivity index (χ1) is 13.7. The highest BCUT2D eigenvalue weighted by Crippen LogP contribution is 2.66. The molecule has 0 bridgehead atoms. The lowest BCUT2D eigenvalue weighted by molar-refractivity contribution is -0.122. The van der Waals surface area contributed by atoms with Crippen molar-refractivity contribution in [1.82, 2.24) is 0 Å². The quantitative estimate of drug-likeness (QED) is 0.530. The second kappa shape index (κ2) is 7.81. The molecule has 0 saturated heterocycles. The smallest absolute Gasteiger partial charge is 0.135 e. The Morgan fingerprint density at radius 1 is 1.07 bits per heavy atom. The second-order valence-corrected chi connectivity index (χ2v) is 12.0. The van der Waals surface area contributed by atoms with E-state index in [9.17, 15) is 9.90 Å². The fourth-order valence-electron chi connectivity index (χ4n) is 8.33. The van der Waals surface area contributed by atoms with Crippen LogP contribution in [0.5, 0.6) is 0 Å². The predicted molar refractivity (Wildman–Crippen MR) is 119 cm³/mol. The van der Waals surface area contributed by atoms with Gasteiger partial charge in [0.2, 0.25) is 0 Å². The van der Waals surface area contributed by atoms with E-state index in [1.807, 2.05) is 19.4 Å². The lowest BCUT2D eigenvalue weighted by atomic mass is 9.47. The average Bonchev–Trinajstić information content (AvgIpc) is 3.03. The molecule has 1 N–H and O–H groups in total. The molecule has 0 radical (unpaired) electrons. The minimum atomic E-state index is -0.0675. The molecule has 0 aromatic rings. The van der Waals surface area contributed by atoms with Gasteiger partial charge in [0.15, 0.2) is 0 Å². The molecule has 0 heterocycles. The summed E-state index contributed by atoms with van der Waals surface area (Å²) in [6.45, 7) is 11.6. The Bertz CT molecular complexity index is 663. The van der Waals surface area contributed by atoms with Crippen LogP contribution in [0.15, 0.2) is 11.6 Å². The molecule has 0 aromatic heterocycles. The van der Waals surface area contributed by atoms with Crippen molar-refractivity contribution in [1.29, 1.82) is 0 Å². The van der Waals surface area contributed by atoms with Gasteiger partial charge in [0.05, 0.1) is 6.10 Å². The molecule has 3 fully saturated rings. The number of Topliss-reactive ketones (excluding diaryl/α,β-unsaturated/α-hetero) is 1. The van der Waals surface area contributed by atoms with E-state index in [-0.39, 0.29) is 12.0 Å². The third-order valence-electron chi connectivity index (χ3n) is 10.3. The van der Waals surface area contributed by atoms with E-state index in [0.29, 0.717) is 28.4 Å². The summed E-state index contributed by atoms with van der Waals surface area (Å²) in [6, 6.07) is 0. The topological polar surface area (TPSA) is 37.3 Å². The van der Waals surface area contributed by atoms with E-state index in [0.717, 1.165) is 43.4 Å². The van der Waals surface area contributed by atoms with Crippen LogP contribution in [0, 0.1) is 46.3 Å². The Kier molecular flexibility index (Phi) is 5.82. The third-order valence-corrected chi connectivity index (χ3v) is 10.3. The summed E-state index contributed by atoms with van der Waals surface area (Å²) < 4.78 is 0. The lowest BCUT2D eigenvalue weighted by Gasteiger charge is -2.57. The Labute approximate surface area is 178 Å². The molecule has 164 valence electrons. The van der Waals surface area contributed by atoms with Gasteiger partial charge in [0.1, 0.15) is 5.78 Å². The van der Waals surface area contributed by atoms with E-state index < -0.39 is 0 Å². The molecule has 0 amide bonds. The van der Waals surface area contributed by atoms with Crippen LogP contribution in [-0.4, -0.2) is 17.0 Å². The number of allylic oxidation sites excluding steroid dienone is 2. The van der Waals surface area contributed by atoms with Crippen molar-refractivity contribution in [2.75, 3.05) is 0 Å². The molecule has 2 heteroatoms. The minimum absolute atomic E-state index is 0.0675. The van der Waals surface area contributed by atoms with Crippen LogP contribution in [0.25, 0.3) is 0 Å². The van der Waals surface area contributed by atoms with Gasteiger partial charge < -0.3 is 5.11 Å². The summed E-state index contributed by atoms with van der Waals surface area (Å²) >= 11 is 0. The highest BCUT2D eigenvalue weighted by atomic mass is 16.3. The summed E-state index contributed by atoms with van der Waals surface area (Å²) in [5.74, 6) is 4.24. The van der Waals surface area contributed by atoms with Crippen molar-refractivity contribution in [3.63, 3.8) is 0 Å². The minimum Gasteiger partial charge on any atom is -0.393 e. The van der Waals surface area contributed by atoms with Crippen LogP contribution >= 0.6 is 0 Å². The van der Waals surface area contributed by atoms with Gasteiger partial charge in [-0.3, -0.25) is 4.79 Å². The first-order valence-electron chi connectivity index (χ1n) is 12.6. The Morgan fingerprint density at radius 2 is 1.76 bits per heavy atom. The third kappa shape index (κ3) is 3.56. The maximum Gasteiger partial charge on any atom is 0.135 e. The molecule has 4 aliphatic rings. The highest BCUT2D eigenvalue weighted by molar-refractivity contribution is 5.80. The summed E-state index contributed by atoms with van der Waals surface area (Å²) in [5.41, 5.74) is 2.65. The van der Waals surface area contributed by atoms with E-state index in [1.165, 1.54) is 38.5 Å². The first kappa shape index (κ1) is 21.6. The van der Waals surface area contributed by atoms with Gasteiger partial charge >= 0.3 is 0 Å². The van der Waals surface area contributed by atoms with Gasteiger partial charge in [0, 0.05) is 12.3 Å². The van der Waals surface area contributed by atoms with Crippen molar-refractivity contribution >= 4 is 5.78 Å². The number of hydrogen-bond donors (Lipinski definition) is 1. The lowest BCUT2D eigenvalue weighted by Crippen LogP contribution is -2.49. The molecule has 0 aliphatic heterocycles. The normalized spacial score (nSPS) is 45.2. The average molecular weight is 401 g/mol. The molecular formula is C27H44O2. The van der Waals surface area contributed by atoms with E-state index >= 15 is 0 Å². The number of carbonyl (C=O) groups is 1. The Morgan fingerprint density at radius 3 is 2.48 bits per heavy atom. The molecule has 2 nitrogen and oxygen atoms in total. The van der Waals surface area contributed by atoms with E-state index in [2.05, 4.69) is 26.8 Å². The number of aliphatic hydroxyl groups excluding tert-OH is 1. The molecule has 0 spiro atoms. The molecule has 8 atom stereocenters. The van der Waals surface area contributed by atoms with Crippen LogP contribution in [0.4, 0.5) is 0 Å². The molecule has 0 unspecified atom stereocenters. The van der Waals surface area contributed by atoms with Crippen LogP contribution in [0.1, 0.15) is 98.8 Å². The largest absolute Gasteiger partial charge is 0.393 e. The Balaban J connectivity index is 1.50. The molecule has 29 heavy (non-hydrogen) atoms. The van der Waals surface area contributed by atoms with Crippen molar-refractivity contribution < 1.29 is 9.90 Å². The van der Waals surface area contributed by atoms with Gasteiger partial charge in [-0.25, -0.2) is 0 Å². The van der Waals surface area contributed by atoms with Gasteiger partial charge in [-0.15, -0.1) is 0 Å². The second-order valence-electron chi connectivity index (χ2n) is 12.0. The number of rotatable bonds is 5. The zero-order valence-corrected chi connectivity index (χ0v) is 19.5. The monoisotopic (exact) mass is 400 g/mol. The van der Waals surface area contributed by atoms with Crippen LogP contribution in [0.3, 0.4) is 0 Å². The van der Waals surface area contributed by atoms with E-state index in [1.54, 1.807) is 0 Å². The van der Waals surface area contributed by atoms with Gasteiger partial charge in [-0.05, 0) is 98.2 Å².